The monoisotopic (exact) mass is 485 g/mol. The number of hydrogen-bond acceptors (Lipinski definition) is 3. The molecule has 2 unspecified atom stereocenters. The molecule has 1 aromatic heterocycles. The average molecular weight is 486 g/mol. The van der Waals surface area contributed by atoms with Gasteiger partial charge < -0.3 is 15.2 Å². The van der Waals surface area contributed by atoms with Gasteiger partial charge in [-0.05, 0) is 61.4 Å². The number of nitrogens with one attached hydrogen (secondary N) is 2. The van der Waals surface area contributed by atoms with Crippen molar-refractivity contribution in [3.8, 4) is 0 Å². The van der Waals surface area contributed by atoms with Crippen molar-refractivity contribution in [3.63, 3.8) is 0 Å². The molecule has 6 nitrogen and oxygen atoms in total. The number of halogens is 3. The van der Waals surface area contributed by atoms with Crippen molar-refractivity contribution in [1.82, 2.24) is 4.98 Å². The zero-order chi connectivity index (χ0) is 25.2. The number of carbonyl (C=O) groups is 1. The van der Waals surface area contributed by atoms with Crippen LogP contribution in [-0.2, 0) is 6.18 Å². The average Bonchev–Trinajstić information content (AvgIpc) is 3.57. The Hall–Kier alpha value is -3.36. The molecule has 2 fully saturated rings. The number of hydrogen-bond donors (Lipinski definition) is 2. The smallest absolute Gasteiger partial charge is 0.361 e. The molecule has 1 aliphatic heterocycles. The minimum Gasteiger partial charge on any atom is -0.361 e. The van der Waals surface area contributed by atoms with Gasteiger partial charge in [0.15, 0.2) is 0 Å². The molecule has 184 valence electrons. The first-order valence-corrected chi connectivity index (χ1v) is 11.8. The summed E-state index contributed by atoms with van der Waals surface area (Å²) in [6.07, 6.45) is 0.665. The largest absolute Gasteiger partial charge is 0.418 e. The van der Waals surface area contributed by atoms with Gasteiger partial charge in [0.2, 0.25) is 0 Å². The highest BCUT2D eigenvalue weighted by Crippen LogP contribution is 2.65. The molecule has 1 spiro atoms. The van der Waals surface area contributed by atoms with Crippen LogP contribution in [0.1, 0.15) is 61.1 Å². The van der Waals surface area contributed by atoms with Gasteiger partial charge in [-0.3, -0.25) is 4.79 Å². The predicted octanol–water partition coefficient (Wildman–Crippen LogP) is 5.82. The molecule has 2 aromatic carbocycles. The van der Waals surface area contributed by atoms with E-state index in [-0.39, 0.29) is 27.9 Å². The Morgan fingerprint density at radius 3 is 2.63 bits per heavy atom. The molecule has 1 aliphatic carbocycles. The molecule has 2 heterocycles. The van der Waals surface area contributed by atoms with Crippen LogP contribution in [-0.4, -0.2) is 23.0 Å². The summed E-state index contributed by atoms with van der Waals surface area (Å²) < 4.78 is 42.5. The first-order valence-electron chi connectivity index (χ1n) is 11.8. The Balaban J connectivity index is 1.45. The SMILES string of the molecule is CCCC1(C)CCC12CN2c1ccc(NC(=O)c2c[nH]c3ccc(C)cc3[n+]2=O)c(C(F)(F)F)c1. The Morgan fingerprint density at radius 2 is 1.97 bits per heavy atom. The Bertz CT molecular complexity index is 1400. The number of fused-ring (bicyclic) bond motifs is 1. The third kappa shape index (κ3) is 3.68. The molecular weight excluding hydrogens is 457 g/mol. The molecule has 2 atom stereocenters. The molecule has 2 aliphatic rings. The zero-order valence-corrected chi connectivity index (χ0v) is 19.9. The zero-order valence-electron chi connectivity index (χ0n) is 19.9. The summed E-state index contributed by atoms with van der Waals surface area (Å²) >= 11 is 0. The van der Waals surface area contributed by atoms with Crippen molar-refractivity contribution >= 4 is 28.3 Å². The van der Waals surface area contributed by atoms with E-state index in [1.807, 2.05) is 6.07 Å². The number of amides is 1. The number of rotatable bonds is 5. The quantitative estimate of drug-likeness (QED) is 0.353. The fourth-order valence-electron chi connectivity index (χ4n) is 5.70. The highest BCUT2D eigenvalue weighted by Gasteiger charge is 2.68. The lowest BCUT2D eigenvalue weighted by molar-refractivity contribution is -0.467. The molecule has 1 saturated heterocycles. The van der Waals surface area contributed by atoms with Crippen LogP contribution in [0.4, 0.5) is 24.5 Å². The summed E-state index contributed by atoms with van der Waals surface area (Å²) in [5, 5.41) is 2.31. The maximum absolute atomic E-state index is 14.0. The lowest BCUT2D eigenvalue weighted by Crippen LogP contribution is -2.49. The van der Waals surface area contributed by atoms with Crippen LogP contribution in [0, 0.1) is 17.2 Å². The fraction of sp³-hybridized carbons (Fsp3) is 0.423. The van der Waals surface area contributed by atoms with Crippen molar-refractivity contribution in [3.05, 3.63) is 64.3 Å². The van der Waals surface area contributed by atoms with Gasteiger partial charge in [-0.25, -0.2) is 0 Å². The first-order chi connectivity index (χ1) is 16.5. The lowest BCUT2D eigenvalue weighted by atomic mass is 9.58. The molecule has 1 amide bonds. The molecule has 0 radical (unpaired) electrons. The van der Waals surface area contributed by atoms with Gasteiger partial charge in [-0.2, -0.15) is 13.2 Å². The Kier molecular flexibility index (Phi) is 5.23. The minimum absolute atomic E-state index is 0.0657. The normalized spacial score (nSPS) is 23.4. The van der Waals surface area contributed by atoms with E-state index in [4.69, 9.17) is 0 Å². The maximum atomic E-state index is 14.0. The van der Waals surface area contributed by atoms with Crippen LogP contribution in [0.15, 0.2) is 42.6 Å². The van der Waals surface area contributed by atoms with Crippen LogP contribution < -0.4 is 14.6 Å². The number of benzene rings is 2. The molecular formula is C26H28F3N4O2+. The Morgan fingerprint density at radius 1 is 1.20 bits per heavy atom. The van der Waals surface area contributed by atoms with Gasteiger partial charge in [0.1, 0.15) is 5.52 Å². The highest BCUT2D eigenvalue weighted by atomic mass is 19.4. The second-order valence-corrected chi connectivity index (χ2v) is 10.1. The van der Waals surface area contributed by atoms with E-state index in [9.17, 15) is 22.9 Å². The van der Waals surface area contributed by atoms with Crippen molar-refractivity contribution in [1.29, 1.82) is 0 Å². The van der Waals surface area contributed by atoms with Crippen molar-refractivity contribution in [2.45, 2.75) is 58.2 Å². The number of nitrogens with zero attached hydrogens (tertiary/aromatic N) is 2. The number of anilines is 2. The molecule has 35 heavy (non-hydrogen) atoms. The molecule has 3 aromatic rings. The second-order valence-electron chi connectivity index (χ2n) is 10.1. The third-order valence-corrected chi connectivity index (χ3v) is 7.90. The van der Waals surface area contributed by atoms with E-state index in [0.29, 0.717) is 15.6 Å². The summed E-state index contributed by atoms with van der Waals surface area (Å²) in [5.41, 5.74) is 0.478. The minimum atomic E-state index is -4.67. The number of aryl methyl sites for hydroxylation is 1. The van der Waals surface area contributed by atoms with Crippen LogP contribution in [0.2, 0.25) is 0 Å². The summed E-state index contributed by atoms with van der Waals surface area (Å²) in [6, 6.07) is 9.13. The van der Waals surface area contributed by atoms with Crippen LogP contribution in [0.3, 0.4) is 0 Å². The van der Waals surface area contributed by atoms with E-state index in [1.54, 1.807) is 25.1 Å². The van der Waals surface area contributed by atoms with Gasteiger partial charge in [0.05, 0.1) is 27.4 Å². The van der Waals surface area contributed by atoms with Gasteiger partial charge in [0.25, 0.3) is 5.52 Å². The predicted molar refractivity (Wildman–Crippen MR) is 128 cm³/mol. The van der Waals surface area contributed by atoms with Crippen LogP contribution in [0.25, 0.3) is 11.0 Å². The van der Waals surface area contributed by atoms with Gasteiger partial charge in [-0.1, -0.05) is 26.3 Å². The molecule has 9 heteroatoms. The standard InChI is InChI=1S/C26H27F3N4O2/c1-4-9-24(3)10-11-25(24)15-32(25)17-6-8-19(18(13-17)26(27,28)29)31-23(34)22-14-30-20-7-5-16(2)12-21(20)33(22)35/h5-8,12-14H,4,9-11,15H2,1-3H3,(H-,30,31,34,35)/p+1. The molecule has 1 saturated carbocycles. The first kappa shape index (κ1) is 23.4. The third-order valence-electron chi connectivity index (χ3n) is 7.90. The summed E-state index contributed by atoms with van der Waals surface area (Å²) in [6.45, 7) is 6.90. The van der Waals surface area contributed by atoms with E-state index < -0.39 is 17.6 Å². The van der Waals surface area contributed by atoms with Crippen LogP contribution >= 0.6 is 0 Å². The highest BCUT2D eigenvalue weighted by molar-refractivity contribution is 6.02. The number of carbonyl (C=O) groups excluding carboxylic acids is 1. The maximum Gasteiger partial charge on any atom is 0.418 e. The number of H-pyrrole nitrogens is 1. The summed E-state index contributed by atoms with van der Waals surface area (Å²) in [5.74, 6) is -0.921. The topological polar surface area (TPSA) is 70.9 Å². The molecule has 0 bridgehead atoms. The number of aromatic nitrogens is 2. The van der Waals surface area contributed by atoms with Crippen molar-refractivity contribution in [2.24, 2.45) is 5.41 Å². The number of alkyl halides is 3. The van der Waals surface area contributed by atoms with E-state index in [0.717, 1.165) is 43.9 Å². The number of aromatic amines is 1. The van der Waals surface area contributed by atoms with E-state index in [2.05, 4.69) is 29.0 Å². The molecule has 5 rings (SSSR count). The van der Waals surface area contributed by atoms with Crippen molar-refractivity contribution in [2.75, 3.05) is 16.8 Å². The summed E-state index contributed by atoms with van der Waals surface area (Å²) in [4.78, 5) is 30.6. The van der Waals surface area contributed by atoms with Gasteiger partial charge in [-0.15, -0.1) is 0 Å². The van der Waals surface area contributed by atoms with Crippen LogP contribution in [0.5, 0.6) is 0 Å². The second kappa shape index (κ2) is 7.83. The van der Waals surface area contributed by atoms with E-state index in [1.165, 1.54) is 12.3 Å². The fourth-order valence-corrected chi connectivity index (χ4v) is 5.70. The van der Waals surface area contributed by atoms with Gasteiger partial charge >= 0.3 is 17.8 Å². The van der Waals surface area contributed by atoms with E-state index >= 15 is 0 Å². The summed E-state index contributed by atoms with van der Waals surface area (Å²) in [7, 11) is 0. The molecule has 2 N–H and O–H groups in total. The van der Waals surface area contributed by atoms with Gasteiger partial charge in [0, 0.05) is 23.2 Å². The lowest BCUT2D eigenvalue weighted by Gasteiger charge is -2.48. The Labute approximate surface area is 200 Å². The van der Waals surface area contributed by atoms with Crippen molar-refractivity contribution < 1.29 is 22.4 Å².